The molecule has 5 rings (SSSR count). The number of nitrogens with zero attached hydrogens (tertiary/aromatic N) is 7. The Morgan fingerprint density at radius 3 is 2.66 bits per heavy atom. The molecule has 3 aromatic heterocycles. The fraction of sp³-hybridized carbons (Fsp3) is 0.190. The quantitative estimate of drug-likeness (QED) is 0.467. The molecule has 1 fully saturated rings. The number of pyridine rings is 1. The number of aromatic nitrogens is 6. The first-order valence-corrected chi connectivity index (χ1v) is 9.99. The molecule has 4 aromatic rings. The summed E-state index contributed by atoms with van der Waals surface area (Å²) in [7, 11) is 1.82. The summed E-state index contributed by atoms with van der Waals surface area (Å²) in [5.41, 5.74) is 7.42. The molecule has 1 aromatic carbocycles. The Hall–Kier alpha value is -4.41. The molecule has 0 saturated heterocycles. The first-order valence-electron chi connectivity index (χ1n) is 9.99. The fourth-order valence-corrected chi connectivity index (χ4v) is 3.06. The predicted octanol–water partition coefficient (Wildman–Crippen LogP) is 2.23. The van der Waals surface area contributed by atoms with Gasteiger partial charge in [0.1, 0.15) is 5.69 Å². The van der Waals surface area contributed by atoms with Crippen molar-refractivity contribution < 1.29 is 9.32 Å². The standard InChI is InChI=1S/C21H19N9O2/c1-30(13-6-3-2-4-7-13)21-27-16(26-20(22)28-21)17-25-19(32-29-17)14-8-5-11-23-15(14)18(31)24-12-9-10-12/h2-8,11-12H,9-10H2,1H3,(H,24,31)(H2,22,26,27,28). The lowest BCUT2D eigenvalue weighted by molar-refractivity contribution is 0.0946. The van der Waals surface area contributed by atoms with Gasteiger partial charge in [-0.25, -0.2) is 0 Å². The molecule has 160 valence electrons. The summed E-state index contributed by atoms with van der Waals surface area (Å²) < 4.78 is 5.41. The van der Waals surface area contributed by atoms with Gasteiger partial charge in [-0.1, -0.05) is 23.4 Å². The lowest BCUT2D eigenvalue weighted by Crippen LogP contribution is -2.26. The Morgan fingerprint density at radius 2 is 1.88 bits per heavy atom. The highest BCUT2D eigenvalue weighted by atomic mass is 16.5. The Morgan fingerprint density at radius 1 is 1.06 bits per heavy atom. The first kappa shape index (κ1) is 19.5. The number of nitrogen functional groups attached to an aromatic ring is 1. The van der Waals surface area contributed by atoms with E-state index in [0.29, 0.717) is 11.5 Å². The Kier molecular flexibility index (Phi) is 4.90. The summed E-state index contributed by atoms with van der Waals surface area (Å²) in [6.07, 6.45) is 3.49. The highest BCUT2D eigenvalue weighted by Gasteiger charge is 2.27. The van der Waals surface area contributed by atoms with Crippen LogP contribution in [0.15, 0.2) is 53.2 Å². The lowest BCUT2D eigenvalue weighted by atomic mass is 10.2. The van der Waals surface area contributed by atoms with E-state index >= 15 is 0 Å². The first-order chi connectivity index (χ1) is 15.6. The van der Waals surface area contributed by atoms with E-state index in [1.807, 2.05) is 37.4 Å². The van der Waals surface area contributed by atoms with Crippen molar-refractivity contribution in [2.24, 2.45) is 0 Å². The monoisotopic (exact) mass is 429 g/mol. The molecule has 3 heterocycles. The van der Waals surface area contributed by atoms with Crippen molar-refractivity contribution in [3.8, 4) is 23.1 Å². The number of benzene rings is 1. The maximum Gasteiger partial charge on any atom is 0.270 e. The average molecular weight is 429 g/mol. The molecule has 0 unspecified atom stereocenters. The van der Waals surface area contributed by atoms with Crippen LogP contribution < -0.4 is 16.0 Å². The van der Waals surface area contributed by atoms with E-state index in [-0.39, 0.29) is 41.1 Å². The summed E-state index contributed by atoms with van der Waals surface area (Å²) in [5, 5.41) is 6.89. The smallest absolute Gasteiger partial charge is 0.270 e. The highest BCUT2D eigenvalue weighted by Crippen LogP contribution is 2.26. The highest BCUT2D eigenvalue weighted by molar-refractivity contribution is 5.98. The van der Waals surface area contributed by atoms with Gasteiger partial charge in [0.2, 0.25) is 23.5 Å². The molecule has 1 aliphatic rings. The number of amides is 1. The van der Waals surface area contributed by atoms with Crippen molar-refractivity contribution in [2.45, 2.75) is 18.9 Å². The Balaban J connectivity index is 1.47. The fourth-order valence-electron chi connectivity index (χ4n) is 3.06. The molecule has 11 heteroatoms. The molecule has 32 heavy (non-hydrogen) atoms. The van der Waals surface area contributed by atoms with Crippen molar-refractivity contribution in [1.82, 2.24) is 35.4 Å². The topological polar surface area (TPSA) is 149 Å². The average Bonchev–Trinajstić information content (AvgIpc) is 3.50. The number of para-hydroxylation sites is 1. The predicted molar refractivity (Wildman–Crippen MR) is 116 cm³/mol. The minimum absolute atomic E-state index is 0.0185. The number of anilines is 3. The molecular formula is C21H19N9O2. The third-order valence-electron chi connectivity index (χ3n) is 4.88. The van der Waals surface area contributed by atoms with Crippen molar-refractivity contribution in [2.75, 3.05) is 17.7 Å². The van der Waals surface area contributed by atoms with E-state index in [9.17, 15) is 4.79 Å². The van der Waals surface area contributed by atoms with Gasteiger partial charge >= 0.3 is 0 Å². The van der Waals surface area contributed by atoms with E-state index in [1.165, 1.54) is 0 Å². The molecular weight excluding hydrogens is 410 g/mol. The molecule has 0 bridgehead atoms. The minimum atomic E-state index is -0.279. The third-order valence-corrected chi connectivity index (χ3v) is 4.88. The molecule has 0 atom stereocenters. The number of hydrogen-bond acceptors (Lipinski definition) is 10. The van der Waals surface area contributed by atoms with Crippen LogP contribution in [0.4, 0.5) is 17.6 Å². The molecule has 1 saturated carbocycles. The zero-order valence-electron chi connectivity index (χ0n) is 17.1. The van der Waals surface area contributed by atoms with Gasteiger partial charge in [-0.05, 0) is 37.1 Å². The van der Waals surface area contributed by atoms with Crippen LogP contribution in [0.1, 0.15) is 23.3 Å². The minimum Gasteiger partial charge on any atom is -0.368 e. The normalized spacial score (nSPS) is 13.0. The van der Waals surface area contributed by atoms with Gasteiger partial charge in [0.25, 0.3) is 11.8 Å². The lowest BCUT2D eigenvalue weighted by Gasteiger charge is -2.17. The van der Waals surface area contributed by atoms with Gasteiger partial charge in [-0.3, -0.25) is 9.78 Å². The van der Waals surface area contributed by atoms with Crippen LogP contribution in [-0.2, 0) is 0 Å². The molecule has 1 aliphatic carbocycles. The van der Waals surface area contributed by atoms with Gasteiger partial charge in [-0.2, -0.15) is 19.9 Å². The number of nitrogens with one attached hydrogen (secondary N) is 1. The zero-order chi connectivity index (χ0) is 22.1. The van der Waals surface area contributed by atoms with E-state index in [4.69, 9.17) is 10.3 Å². The van der Waals surface area contributed by atoms with Crippen LogP contribution in [0.25, 0.3) is 23.1 Å². The molecule has 0 aliphatic heterocycles. The second-order valence-corrected chi connectivity index (χ2v) is 7.28. The maximum atomic E-state index is 12.5. The number of carbonyl (C=O) groups excluding carboxylic acids is 1. The summed E-state index contributed by atoms with van der Waals surface area (Å²) in [5.74, 6) is 0.471. The van der Waals surface area contributed by atoms with Gasteiger partial charge < -0.3 is 20.5 Å². The largest absolute Gasteiger partial charge is 0.368 e. The van der Waals surface area contributed by atoms with Gasteiger partial charge in [-0.15, -0.1) is 0 Å². The molecule has 0 radical (unpaired) electrons. The number of rotatable bonds is 6. The summed E-state index contributed by atoms with van der Waals surface area (Å²) >= 11 is 0. The van der Waals surface area contributed by atoms with Crippen molar-refractivity contribution >= 4 is 23.5 Å². The van der Waals surface area contributed by atoms with Crippen LogP contribution >= 0.6 is 0 Å². The van der Waals surface area contributed by atoms with Gasteiger partial charge in [0.15, 0.2) is 0 Å². The second-order valence-electron chi connectivity index (χ2n) is 7.28. The van der Waals surface area contributed by atoms with Gasteiger partial charge in [0, 0.05) is 25.0 Å². The molecule has 3 N–H and O–H groups in total. The van der Waals surface area contributed by atoms with Crippen molar-refractivity contribution in [1.29, 1.82) is 0 Å². The zero-order valence-corrected chi connectivity index (χ0v) is 17.1. The Bertz CT molecular complexity index is 1270. The number of carbonyl (C=O) groups is 1. The van der Waals surface area contributed by atoms with E-state index in [1.54, 1.807) is 23.2 Å². The summed E-state index contributed by atoms with van der Waals surface area (Å²) in [4.78, 5) is 35.7. The molecule has 0 spiro atoms. The maximum absolute atomic E-state index is 12.5. The van der Waals surface area contributed by atoms with Gasteiger partial charge in [0.05, 0.1) is 5.56 Å². The molecule has 1 amide bonds. The van der Waals surface area contributed by atoms with E-state index in [2.05, 4.69) is 35.4 Å². The summed E-state index contributed by atoms with van der Waals surface area (Å²) in [6, 6.07) is 13.2. The van der Waals surface area contributed by atoms with Crippen LogP contribution in [0.3, 0.4) is 0 Å². The van der Waals surface area contributed by atoms with Crippen LogP contribution in [-0.4, -0.2) is 49.1 Å². The summed E-state index contributed by atoms with van der Waals surface area (Å²) in [6.45, 7) is 0. The number of nitrogens with two attached hydrogens (primary N) is 1. The van der Waals surface area contributed by atoms with Crippen LogP contribution in [0.5, 0.6) is 0 Å². The Labute approximate surface area is 182 Å². The van der Waals surface area contributed by atoms with E-state index in [0.717, 1.165) is 18.5 Å². The van der Waals surface area contributed by atoms with E-state index < -0.39 is 0 Å². The van der Waals surface area contributed by atoms with Crippen molar-refractivity contribution in [3.63, 3.8) is 0 Å². The van der Waals surface area contributed by atoms with Crippen molar-refractivity contribution in [3.05, 3.63) is 54.4 Å². The van der Waals surface area contributed by atoms with Crippen LogP contribution in [0.2, 0.25) is 0 Å². The number of hydrogen-bond donors (Lipinski definition) is 2. The van der Waals surface area contributed by atoms with Crippen LogP contribution in [0, 0.1) is 0 Å². The molecule has 11 nitrogen and oxygen atoms in total. The second kappa shape index (κ2) is 8.02. The SMILES string of the molecule is CN(c1ccccc1)c1nc(N)nc(-c2noc(-c3cccnc3C(=O)NC3CC3)n2)n1. The third kappa shape index (κ3) is 3.95.